The van der Waals surface area contributed by atoms with Crippen LogP contribution in [0, 0.1) is 0 Å². The fraction of sp³-hybridized carbons (Fsp3) is 0.143. The van der Waals surface area contributed by atoms with Crippen molar-refractivity contribution in [2.24, 2.45) is 0 Å². The number of aliphatic hydroxyl groups is 1. The number of halogens is 3. The molecule has 2 N–H and O–H groups in total. The highest BCUT2D eigenvalue weighted by Gasteiger charge is 2.36. The first-order valence-corrected chi connectivity index (χ1v) is 3.12. The smallest absolute Gasteiger partial charge is 0.434 e. The van der Waals surface area contributed by atoms with Crippen molar-refractivity contribution in [3.63, 3.8) is 0 Å². The van der Waals surface area contributed by atoms with Crippen LogP contribution in [0.3, 0.4) is 0 Å². The molecule has 66 valence electrons. The maximum atomic E-state index is 12.0. The molecule has 0 amide bonds. The van der Waals surface area contributed by atoms with Gasteiger partial charge in [0, 0.05) is 6.20 Å². The fourth-order valence-corrected chi connectivity index (χ4v) is 0.718. The van der Waals surface area contributed by atoms with Crippen LogP contribution in [0.4, 0.5) is 13.2 Å². The maximum Gasteiger partial charge on any atom is 0.434 e. The molecule has 0 aliphatic carbocycles. The van der Waals surface area contributed by atoms with Crippen molar-refractivity contribution in [1.82, 2.24) is 5.32 Å². The Morgan fingerprint density at radius 2 is 1.92 bits per heavy atom. The molecule has 0 atom stereocenters. The Balaban J connectivity index is 3.01. The van der Waals surface area contributed by atoms with Crippen LogP contribution in [0.25, 0.3) is 0 Å². The third kappa shape index (κ3) is 1.81. The van der Waals surface area contributed by atoms with Crippen molar-refractivity contribution in [3.05, 3.63) is 35.9 Å². The summed E-state index contributed by atoms with van der Waals surface area (Å²) in [5.41, 5.74) is -1.15. The van der Waals surface area contributed by atoms with E-state index in [0.29, 0.717) is 0 Å². The van der Waals surface area contributed by atoms with Crippen LogP contribution < -0.4 is 5.32 Å². The monoisotopic (exact) mass is 177 g/mol. The van der Waals surface area contributed by atoms with Gasteiger partial charge in [-0.25, -0.2) is 0 Å². The zero-order chi connectivity index (χ0) is 9.19. The highest BCUT2D eigenvalue weighted by Crippen LogP contribution is 2.26. The third-order valence-corrected chi connectivity index (χ3v) is 1.23. The summed E-state index contributed by atoms with van der Waals surface area (Å²) >= 11 is 0. The average molecular weight is 177 g/mol. The van der Waals surface area contributed by atoms with Gasteiger partial charge in [-0.3, -0.25) is 0 Å². The van der Waals surface area contributed by atoms with Crippen molar-refractivity contribution < 1.29 is 18.3 Å². The number of hydrogen-bond donors (Lipinski definition) is 2. The summed E-state index contributed by atoms with van der Waals surface area (Å²) in [6.45, 7) is 0. The van der Waals surface area contributed by atoms with Gasteiger partial charge >= 0.3 is 6.18 Å². The van der Waals surface area contributed by atoms with Crippen LogP contribution in [0.1, 0.15) is 0 Å². The molecular formula is C7H6F3NO. The molecule has 2 nitrogen and oxygen atoms in total. The number of aliphatic hydroxyl groups excluding tert-OH is 1. The van der Waals surface area contributed by atoms with E-state index >= 15 is 0 Å². The molecule has 12 heavy (non-hydrogen) atoms. The molecule has 0 saturated heterocycles. The van der Waals surface area contributed by atoms with Crippen molar-refractivity contribution in [2.75, 3.05) is 0 Å². The number of nitrogens with one attached hydrogen (secondary N) is 1. The Kier molecular flexibility index (Phi) is 2.12. The van der Waals surface area contributed by atoms with Crippen molar-refractivity contribution in [1.29, 1.82) is 0 Å². The number of alkyl halides is 3. The van der Waals surface area contributed by atoms with Crippen molar-refractivity contribution >= 4 is 0 Å². The van der Waals surface area contributed by atoms with E-state index in [1.807, 2.05) is 5.32 Å². The lowest BCUT2D eigenvalue weighted by molar-refractivity contribution is -0.0979. The molecule has 0 aromatic heterocycles. The van der Waals surface area contributed by atoms with E-state index in [1.165, 1.54) is 12.2 Å². The SMILES string of the molecule is OC1=C(C(F)(F)F)NC=CC=C1. The van der Waals surface area contributed by atoms with Gasteiger partial charge in [-0.2, -0.15) is 13.2 Å². The van der Waals surface area contributed by atoms with Gasteiger partial charge in [-0.1, -0.05) is 6.08 Å². The zero-order valence-electron chi connectivity index (χ0n) is 5.89. The van der Waals surface area contributed by atoms with E-state index in [4.69, 9.17) is 5.11 Å². The van der Waals surface area contributed by atoms with Gasteiger partial charge in [0.1, 0.15) is 5.76 Å². The minimum Gasteiger partial charge on any atom is -0.506 e. The molecule has 0 bridgehead atoms. The number of hydrogen-bond acceptors (Lipinski definition) is 2. The molecule has 0 aromatic rings. The Bertz CT molecular complexity index is 262. The van der Waals surface area contributed by atoms with Crippen molar-refractivity contribution in [2.45, 2.75) is 6.18 Å². The summed E-state index contributed by atoms with van der Waals surface area (Å²) < 4.78 is 36.1. The quantitative estimate of drug-likeness (QED) is 0.593. The van der Waals surface area contributed by atoms with Crippen LogP contribution in [-0.4, -0.2) is 11.3 Å². The molecule has 1 aliphatic rings. The Morgan fingerprint density at radius 1 is 1.25 bits per heavy atom. The Labute approximate surface area is 66.7 Å². The van der Waals surface area contributed by atoms with Crippen LogP contribution in [0.2, 0.25) is 0 Å². The van der Waals surface area contributed by atoms with Gasteiger partial charge in [0.2, 0.25) is 0 Å². The van der Waals surface area contributed by atoms with Crippen LogP contribution >= 0.6 is 0 Å². The number of rotatable bonds is 0. The molecule has 1 rings (SSSR count). The summed E-state index contributed by atoms with van der Waals surface area (Å²) in [5, 5.41) is 10.8. The highest BCUT2D eigenvalue weighted by molar-refractivity contribution is 5.28. The van der Waals surface area contributed by atoms with E-state index in [-0.39, 0.29) is 0 Å². The lowest BCUT2D eigenvalue weighted by atomic mass is 10.3. The molecular weight excluding hydrogens is 171 g/mol. The minimum atomic E-state index is -4.55. The summed E-state index contributed by atoms with van der Waals surface area (Å²) in [5.74, 6) is -0.813. The molecule has 0 unspecified atom stereocenters. The summed E-state index contributed by atoms with van der Waals surface area (Å²) in [6, 6.07) is 0. The predicted octanol–water partition coefficient (Wildman–Crippen LogP) is 1.99. The van der Waals surface area contributed by atoms with E-state index < -0.39 is 17.6 Å². The third-order valence-electron chi connectivity index (χ3n) is 1.23. The predicted molar refractivity (Wildman–Crippen MR) is 37.1 cm³/mol. The lowest BCUT2D eigenvalue weighted by Gasteiger charge is -2.10. The van der Waals surface area contributed by atoms with Gasteiger partial charge in [-0.15, -0.1) is 0 Å². The van der Waals surface area contributed by atoms with Gasteiger partial charge in [0.25, 0.3) is 0 Å². The van der Waals surface area contributed by atoms with Gasteiger partial charge in [-0.05, 0) is 12.2 Å². The van der Waals surface area contributed by atoms with Gasteiger partial charge in [0.15, 0.2) is 5.70 Å². The van der Waals surface area contributed by atoms with E-state index in [0.717, 1.165) is 12.3 Å². The van der Waals surface area contributed by atoms with Crippen LogP contribution in [0.15, 0.2) is 35.9 Å². The molecule has 1 heterocycles. The molecule has 0 radical (unpaired) electrons. The molecule has 0 fully saturated rings. The fourth-order valence-electron chi connectivity index (χ4n) is 0.718. The van der Waals surface area contributed by atoms with Crippen LogP contribution in [0.5, 0.6) is 0 Å². The normalized spacial score (nSPS) is 17.6. The van der Waals surface area contributed by atoms with E-state index in [1.54, 1.807) is 0 Å². The largest absolute Gasteiger partial charge is 0.506 e. The first-order valence-electron chi connectivity index (χ1n) is 3.12. The summed E-state index contributed by atoms with van der Waals surface area (Å²) in [7, 11) is 0. The average Bonchev–Trinajstić information content (AvgIpc) is 2.11. The first-order chi connectivity index (χ1) is 5.52. The van der Waals surface area contributed by atoms with Crippen LogP contribution in [-0.2, 0) is 0 Å². The molecule has 0 spiro atoms. The second kappa shape index (κ2) is 2.92. The van der Waals surface area contributed by atoms with E-state index in [9.17, 15) is 13.2 Å². The van der Waals surface area contributed by atoms with Gasteiger partial charge in [0.05, 0.1) is 0 Å². The number of allylic oxidation sites excluding steroid dienone is 4. The van der Waals surface area contributed by atoms with E-state index in [2.05, 4.69) is 0 Å². The molecule has 1 aliphatic heterocycles. The van der Waals surface area contributed by atoms with Crippen molar-refractivity contribution in [3.8, 4) is 0 Å². The summed E-state index contributed by atoms with van der Waals surface area (Å²) in [4.78, 5) is 0. The Hall–Kier alpha value is -1.39. The maximum absolute atomic E-state index is 12.0. The highest BCUT2D eigenvalue weighted by atomic mass is 19.4. The second-order valence-corrected chi connectivity index (χ2v) is 2.12. The standard InChI is InChI=1S/C7H6F3NO/c8-7(9,10)6-5(12)3-1-2-4-11-6/h1-4,11-12H. The lowest BCUT2D eigenvalue weighted by Crippen LogP contribution is -2.23. The zero-order valence-corrected chi connectivity index (χ0v) is 5.89. The minimum absolute atomic E-state index is 0.813. The topological polar surface area (TPSA) is 32.3 Å². The molecule has 0 aromatic carbocycles. The Morgan fingerprint density at radius 3 is 2.50 bits per heavy atom. The molecule has 5 heteroatoms. The van der Waals surface area contributed by atoms with Gasteiger partial charge < -0.3 is 10.4 Å². The molecule has 0 saturated carbocycles. The first kappa shape index (κ1) is 8.70. The summed E-state index contributed by atoms with van der Waals surface area (Å²) in [6.07, 6.45) is 0.182. The second-order valence-electron chi connectivity index (χ2n) is 2.12.